The lowest BCUT2D eigenvalue weighted by Gasteiger charge is -2.26. The van der Waals surface area contributed by atoms with Crippen LogP contribution in [0.3, 0.4) is 0 Å². The molecule has 0 bridgehead atoms. The molecule has 1 aromatic carbocycles. The van der Waals surface area contributed by atoms with Gasteiger partial charge in [-0.1, -0.05) is 13.8 Å². The molecule has 2 fully saturated rings. The number of ether oxygens (including phenoxy) is 2. The molecule has 4 heteroatoms. The number of hydrogen-bond acceptors (Lipinski definition) is 4. The van der Waals surface area contributed by atoms with Crippen LogP contribution in [0.15, 0.2) is 6.07 Å². The minimum atomic E-state index is -0.125. The first kappa shape index (κ1) is 21.9. The molecule has 29 heavy (non-hydrogen) atoms. The van der Waals surface area contributed by atoms with E-state index < -0.39 is 0 Å². The van der Waals surface area contributed by atoms with Gasteiger partial charge in [-0.2, -0.15) is 0 Å². The Kier molecular flexibility index (Phi) is 7.02. The van der Waals surface area contributed by atoms with Crippen molar-refractivity contribution in [1.82, 2.24) is 0 Å². The second-order valence-corrected chi connectivity index (χ2v) is 9.53. The van der Waals surface area contributed by atoms with Crippen LogP contribution in [0.1, 0.15) is 81.9 Å². The highest BCUT2D eigenvalue weighted by Gasteiger charge is 2.29. The summed E-state index contributed by atoms with van der Waals surface area (Å²) in [7, 11) is 0. The molecule has 3 rings (SSSR count). The number of benzene rings is 1. The average molecular weight is 401 g/mol. The Morgan fingerprint density at radius 1 is 0.724 bits per heavy atom. The van der Waals surface area contributed by atoms with Gasteiger partial charge in [-0.15, -0.1) is 0 Å². The molecule has 0 heterocycles. The highest BCUT2D eigenvalue weighted by molar-refractivity contribution is 5.78. The van der Waals surface area contributed by atoms with E-state index in [4.69, 9.17) is 9.47 Å². The molecule has 0 radical (unpaired) electrons. The third kappa shape index (κ3) is 5.21. The molecule has 0 amide bonds. The summed E-state index contributed by atoms with van der Waals surface area (Å²) in [6.07, 6.45) is 7.99. The van der Waals surface area contributed by atoms with Gasteiger partial charge in [0, 0.05) is 0 Å². The van der Waals surface area contributed by atoms with Crippen molar-refractivity contribution >= 4 is 11.9 Å². The second-order valence-electron chi connectivity index (χ2n) is 9.53. The highest BCUT2D eigenvalue weighted by Crippen LogP contribution is 2.36. The van der Waals surface area contributed by atoms with Crippen LogP contribution < -0.4 is 9.47 Å². The van der Waals surface area contributed by atoms with Crippen molar-refractivity contribution in [2.45, 2.75) is 86.0 Å². The van der Waals surface area contributed by atoms with Crippen molar-refractivity contribution in [3.63, 3.8) is 0 Å². The lowest BCUT2D eigenvalue weighted by molar-refractivity contribution is -0.141. The number of hydrogen-bond donors (Lipinski definition) is 0. The maximum Gasteiger partial charge on any atom is 0.314 e. The van der Waals surface area contributed by atoms with Gasteiger partial charge in [0.25, 0.3) is 0 Å². The van der Waals surface area contributed by atoms with E-state index in [0.717, 1.165) is 68.1 Å². The largest absolute Gasteiger partial charge is 0.426 e. The predicted molar refractivity (Wildman–Crippen MR) is 114 cm³/mol. The summed E-state index contributed by atoms with van der Waals surface area (Å²) in [5.74, 6) is 2.36. The second kappa shape index (κ2) is 9.32. The van der Waals surface area contributed by atoms with Gasteiger partial charge in [-0.3, -0.25) is 9.59 Å². The first-order chi connectivity index (χ1) is 13.8. The highest BCUT2D eigenvalue weighted by atomic mass is 16.5. The molecule has 0 aromatic heterocycles. The van der Waals surface area contributed by atoms with Crippen LogP contribution in [0, 0.1) is 44.4 Å². The summed E-state index contributed by atoms with van der Waals surface area (Å²) in [6, 6.07) is 1.84. The summed E-state index contributed by atoms with van der Waals surface area (Å²) in [6.45, 7) is 10.3. The lowest BCUT2D eigenvalue weighted by atomic mass is 9.83. The Labute approximate surface area is 175 Å². The zero-order valence-electron chi connectivity index (χ0n) is 18.7. The summed E-state index contributed by atoms with van der Waals surface area (Å²) in [4.78, 5) is 25.3. The minimum Gasteiger partial charge on any atom is -0.426 e. The number of esters is 2. The lowest BCUT2D eigenvalue weighted by Crippen LogP contribution is -2.26. The van der Waals surface area contributed by atoms with Crippen molar-refractivity contribution in [1.29, 1.82) is 0 Å². The molecule has 160 valence electrons. The Bertz CT molecular complexity index is 751. The van der Waals surface area contributed by atoms with Crippen molar-refractivity contribution < 1.29 is 19.1 Å². The van der Waals surface area contributed by atoms with Crippen molar-refractivity contribution in [3.05, 3.63) is 22.8 Å². The first-order valence-electron chi connectivity index (χ1n) is 11.3. The maximum absolute atomic E-state index is 12.7. The summed E-state index contributed by atoms with van der Waals surface area (Å²) >= 11 is 0. The normalized spacial score (nSPS) is 27.3. The molecule has 0 N–H and O–H groups in total. The molecule has 2 aliphatic carbocycles. The SMILES string of the molecule is Cc1cc(OC(=O)C2CCC(C)CC2)c(C)c(C)c1OC(=O)C1CCC(C)CC1. The van der Waals surface area contributed by atoms with E-state index in [-0.39, 0.29) is 23.8 Å². The summed E-state index contributed by atoms with van der Waals surface area (Å²) in [5.41, 5.74) is 2.58. The van der Waals surface area contributed by atoms with Crippen LogP contribution in [0.25, 0.3) is 0 Å². The third-order valence-corrected chi connectivity index (χ3v) is 7.09. The van der Waals surface area contributed by atoms with E-state index in [2.05, 4.69) is 13.8 Å². The molecule has 4 nitrogen and oxygen atoms in total. The van der Waals surface area contributed by atoms with Crippen molar-refractivity contribution in [2.75, 3.05) is 0 Å². The van der Waals surface area contributed by atoms with Gasteiger partial charge >= 0.3 is 11.9 Å². The standard InChI is InChI=1S/C25H36O4/c1-15-6-10-20(11-7-15)24(26)28-22-14-17(3)23(19(5)18(22)4)29-25(27)21-12-8-16(2)9-13-21/h14-16,20-21H,6-13H2,1-5H3. The zero-order chi connectivity index (χ0) is 21.1. The fourth-order valence-electron chi connectivity index (χ4n) is 4.65. The summed E-state index contributed by atoms with van der Waals surface area (Å²) < 4.78 is 11.6. The van der Waals surface area contributed by atoms with Gasteiger partial charge in [-0.25, -0.2) is 0 Å². The number of carbonyl (C=O) groups is 2. The van der Waals surface area contributed by atoms with Crippen LogP contribution in [-0.2, 0) is 9.59 Å². The van der Waals surface area contributed by atoms with Crippen LogP contribution in [0.4, 0.5) is 0 Å². The maximum atomic E-state index is 12.7. The van der Waals surface area contributed by atoms with E-state index in [1.54, 1.807) is 0 Å². The van der Waals surface area contributed by atoms with Crippen molar-refractivity contribution in [3.8, 4) is 11.5 Å². The van der Waals surface area contributed by atoms with E-state index in [1.165, 1.54) is 0 Å². The molecular weight excluding hydrogens is 364 g/mol. The zero-order valence-corrected chi connectivity index (χ0v) is 18.7. The number of carbonyl (C=O) groups excluding carboxylic acids is 2. The fourth-order valence-corrected chi connectivity index (χ4v) is 4.65. The molecule has 2 aliphatic rings. The third-order valence-electron chi connectivity index (χ3n) is 7.09. The topological polar surface area (TPSA) is 52.6 Å². The van der Waals surface area contributed by atoms with Crippen LogP contribution >= 0.6 is 0 Å². The predicted octanol–water partition coefficient (Wildman–Crippen LogP) is 6.08. The van der Waals surface area contributed by atoms with Gasteiger partial charge in [0.1, 0.15) is 11.5 Å². The molecule has 0 unspecified atom stereocenters. The molecule has 0 saturated heterocycles. The fraction of sp³-hybridized carbons (Fsp3) is 0.680. The molecule has 0 atom stereocenters. The van der Waals surface area contributed by atoms with Gasteiger partial charge < -0.3 is 9.47 Å². The molecular formula is C25H36O4. The molecule has 0 spiro atoms. The Balaban J connectivity index is 1.69. The Hall–Kier alpha value is -1.84. The van der Waals surface area contributed by atoms with Gasteiger partial charge in [0.05, 0.1) is 11.8 Å². The van der Waals surface area contributed by atoms with E-state index in [0.29, 0.717) is 23.3 Å². The molecule has 1 aromatic rings. The smallest absolute Gasteiger partial charge is 0.314 e. The van der Waals surface area contributed by atoms with Crippen LogP contribution in [0.2, 0.25) is 0 Å². The van der Waals surface area contributed by atoms with Crippen LogP contribution in [0.5, 0.6) is 11.5 Å². The van der Waals surface area contributed by atoms with E-state index in [9.17, 15) is 9.59 Å². The molecule has 2 saturated carbocycles. The number of aryl methyl sites for hydroxylation is 1. The van der Waals surface area contributed by atoms with Gasteiger partial charge in [0.15, 0.2) is 0 Å². The molecule has 0 aliphatic heterocycles. The quantitative estimate of drug-likeness (QED) is 0.454. The summed E-state index contributed by atoms with van der Waals surface area (Å²) in [5, 5.41) is 0. The van der Waals surface area contributed by atoms with Crippen molar-refractivity contribution in [2.24, 2.45) is 23.7 Å². The number of rotatable bonds is 4. The average Bonchev–Trinajstić information content (AvgIpc) is 2.70. The first-order valence-corrected chi connectivity index (χ1v) is 11.3. The van der Waals surface area contributed by atoms with E-state index in [1.807, 2.05) is 26.8 Å². The Morgan fingerprint density at radius 3 is 1.66 bits per heavy atom. The van der Waals surface area contributed by atoms with Crippen LogP contribution in [-0.4, -0.2) is 11.9 Å². The van der Waals surface area contributed by atoms with Gasteiger partial charge in [-0.05, 0) is 107 Å². The monoisotopic (exact) mass is 400 g/mol. The Morgan fingerprint density at radius 2 is 1.17 bits per heavy atom. The van der Waals surface area contributed by atoms with E-state index >= 15 is 0 Å². The minimum absolute atomic E-state index is 0.00240. The van der Waals surface area contributed by atoms with Gasteiger partial charge in [0.2, 0.25) is 0 Å².